The largest absolute Gasteiger partial charge is 0.480 e. The quantitative estimate of drug-likeness (QED) is 0.250. The van der Waals surface area contributed by atoms with Gasteiger partial charge in [0.05, 0.1) is 5.39 Å². The second kappa shape index (κ2) is 11.2. The molecule has 4 N–H and O–H groups in total. The second-order valence-electron chi connectivity index (χ2n) is 10.5. The fourth-order valence-electron chi connectivity index (χ4n) is 5.45. The first-order valence-electron chi connectivity index (χ1n) is 13.3. The highest BCUT2D eigenvalue weighted by Gasteiger charge is 2.29. The summed E-state index contributed by atoms with van der Waals surface area (Å²) in [5.41, 5.74) is 9.20. The number of hydrogen-bond acceptors (Lipinski definition) is 6. The van der Waals surface area contributed by atoms with Gasteiger partial charge in [-0.3, -0.25) is 4.79 Å². The predicted octanol–water partition coefficient (Wildman–Crippen LogP) is 6.05. The van der Waals surface area contributed by atoms with Crippen LogP contribution in [0.4, 0.5) is 5.82 Å². The topological polar surface area (TPSA) is 115 Å². The highest BCUT2D eigenvalue weighted by molar-refractivity contribution is 6.00. The lowest BCUT2D eigenvalue weighted by Crippen LogP contribution is -2.45. The van der Waals surface area contributed by atoms with Gasteiger partial charge in [0.25, 0.3) is 0 Å². The van der Waals surface area contributed by atoms with E-state index in [2.05, 4.69) is 39.9 Å². The van der Waals surface area contributed by atoms with Crippen LogP contribution in [0.2, 0.25) is 0 Å². The van der Waals surface area contributed by atoms with Gasteiger partial charge in [-0.25, -0.2) is 9.97 Å². The first-order chi connectivity index (χ1) is 18.4. The second-order valence-corrected chi connectivity index (χ2v) is 10.5. The van der Waals surface area contributed by atoms with Crippen molar-refractivity contribution in [3.63, 3.8) is 0 Å². The van der Waals surface area contributed by atoms with Crippen molar-refractivity contribution in [1.29, 1.82) is 0 Å². The van der Waals surface area contributed by atoms with Crippen molar-refractivity contribution in [2.75, 3.05) is 5.73 Å². The van der Waals surface area contributed by atoms with Crippen LogP contribution in [0.25, 0.3) is 22.2 Å². The van der Waals surface area contributed by atoms with E-state index >= 15 is 0 Å². The molecule has 8 heteroatoms. The lowest BCUT2D eigenvalue weighted by atomic mass is 9.90. The molecular formula is C30H35N5O3. The molecule has 0 unspecified atom stereocenters. The van der Waals surface area contributed by atoms with Crippen LogP contribution < -0.4 is 15.8 Å². The number of carbonyl (C=O) groups is 1. The number of nitrogens with two attached hydrogens (primary N) is 1. The van der Waals surface area contributed by atoms with E-state index in [0.29, 0.717) is 18.2 Å². The predicted molar refractivity (Wildman–Crippen MR) is 149 cm³/mol. The Hall–Kier alpha value is -3.91. The summed E-state index contributed by atoms with van der Waals surface area (Å²) in [5.74, 6) is 1.57. The van der Waals surface area contributed by atoms with Gasteiger partial charge in [0, 0.05) is 23.8 Å². The van der Waals surface area contributed by atoms with E-state index in [9.17, 15) is 9.90 Å². The van der Waals surface area contributed by atoms with Crippen molar-refractivity contribution >= 4 is 22.8 Å². The van der Waals surface area contributed by atoms with E-state index in [1.165, 1.54) is 6.33 Å². The number of anilines is 1. The van der Waals surface area contributed by atoms with E-state index in [4.69, 9.17) is 10.5 Å². The number of carboxylic acids is 1. The number of para-hydroxylation sites is 1. The Morgan fingerprint density at radius 2 is 1.74 bits per heavy atom. The summed E-state index contributed by atoms with van der Waals surface area (Å²) in [7, 11) is 0. The number of hydrogen-bond donors (Lipinski definition) is 3. The SMILES string of the molecule is CC(C)C[C@@H](NC1CCC(n2cc(-c3ccc(Oc4ccccc4)cc3)c3c(N)ncnc32)CC1)C(=O)O. The molecule has 0 amide bonds. The third-order valence-corrected chi connectivity index (χ3v) is 7.32. The van der Waals surface area contributed by atoms with E-state index in [-0.39, 0.29) is 12.1 Å². The molecule has 38 heavy (non-hydrogen) atoms. The Morgan fingerprint density at radius 3 is 2.39 bits per heavy atom. The maximum Gasteiger partial charge on any atom is 0.320 e. The Bertz CT molecular complexity index is 1380. The molecular weight excluding hydrogens is 478 g/mol. The molecule has 1 aliphatic carbocycles. The van der Waals surface area contributed by atoms with E-state index in [0.717, 1.165) is 59.3 Å². The summed E-state index contributed by atoms with van der Waals surface area (Å²) in [6, 6.07) is 17.6. The van der Waals surface area contributed by atoms with Gasteiger partial charge in [-0.2, -0.15) is 0 Å². The molecule has 198 valence electrons. The summed E-state index contributed by atoms with van der Waals surface area (Å²) in [6.45, 7) is 4.11. The van der Waals surface area contributed by atoms with Crippen LogP contribution in [0.3, 0.4) is 0 Å². The fourth-order valence-corrected chi connectivity index (χ4v) is 5.45. The van der Waals surface area contributed by atoms with Crippen LogP contribution in [0.5, 0.6) is 11.5 Å². The Labute approximate surface area is 222 Å². The minimum Gasteiger partial charge on any atom is -0.480 e. The lowest BCUT2D eigenvalue weighted by Gasteiger charge is -2.32. The van der Waals surface area contributed by atoms with Crippen molar-refractivity contribution in [3.05, 3.63) is 67.1 Å². The van der Waals surface area contributed by atoms with Crippen LogP contribution >= 0.6 is 0 Å². The third kappa shape index (κ3) is 5.65. The van der Waals surface area contributed by atoms with Crippen molar-refractivity contribution in [2.45, 2.75) is 64.1 Å². The number of aromatic nitrogens is 3. The normalized spacial score (nSPS) is 18.5. The van der Waals surface area contributed by atoms with Gasteiger partial charge >= 0.3 is 5.97 Å². The molecule has 2 aromatic carbocycles. The maximum atomic E-state index is 11.7. The maximum absolute atomic E-state index is 11.7. The standard InChI is InChI=1S/C30H35N5O3/c1-19(2)16-26(30(36)37)34-21-10-12-22(13-11-21)35-17-25(27-28(31)32-18-33-29(27)35)20-8-14-24(15-9-20)38-23-6-4-3-5-7-23/h3-9,14-15,17-19,21-22,26,34H,10-13,16H2,1-2H3,(H,36,37)(H2,31,32,33)/t21?,22?,26-/m1/s1. The number of nitrogen functional groups attached to an aromatic ring is 1. The zero-order chi connectivity index (χ0) is 26.6. The van der Waals surface area contributed by atoms with Gasteiger partial charge in [-0.05, 0) is 67.9 Å². The molecule has 0 spiro atoms. The first kappa shape index (κ1) is 25.7. The fraction of sp³-hybridized carbons (Fsp3) is 0.367. The summed E-state index contributed by atoms with van der Waals surface area (Å²) in [6.07, 6.45) is 7.98. The molecule has 1 aliphatic rings. The van der Waals surface area contributed by atoms with Gasteiger partial charge in [-0.1, -0.05) is 44.2 Å². The number of rotatable bonds is 9. The molecule has 8 nitrogen and oxygen atoms in total. The number of ether oxygens (including phenoxy) is 1. The van der Waals surface area contributed by atoms with Crippen molar-refractivity contribution in [2.24, 2.45) is 5.92 Å². The molecule has 0 radical (unpaired) electrons. The van der Waals surface area contributed by atoms with Gasteiger partial charge in [0.2, 0.25) is 0 Å². The number of benzene rings is 2. The number of aliphatic carboxylic acids is 1. The van der Waals surface area contributed by atoms with Crippen molar-refractivity contribution in [3.8, 4) is 22.6 Å². The highest BCUT2D eigenvalue weighted by Crippen LogP contribution is 2.38. The number of carboxylic acid groups (broad SMARTS) is 1. The van der Waals surface area contributed by atoms with E-state index < -0.39 is 12.0 Å². The zero-order valence-corrected chi connectivity index (χ0v) is 21.9. The van der Waals surface area contributed by atoms with E-state index in [1.54, 1.807) is 0 Å². The highest BCUT2D eigenvalue weighted by atomic mass is 16.5. The minimum atomic E-state index is -0.769. The first-order valence-corrected chi connectivity index (χ1v) is 13.3. The summed E-state index contributed by atoms with van der Waals surface area (Å²) >= 11 is 0. The molecule has 0 bridgehead atoms. The number of nitrogens with one attached hydrogen (secondary N) is 1. The summed E-state index contributed by atoms with van der Waals surface area (Å²) in [5, 5.41) is 13.9. The van der Waals surface area contributed by atoms with Crippen LogP contribution in [0.1, 0.15) is 52.0 Å². The number of nitrogens with zero attached hydrogens (tertiary/aromatic N) is 3. The molecule has 4 aromatic rings. The van der Waals surface area contributed by atoms with Gasteiger partial charge in [-0.15, -0.1) is 0 Å². The molecule has 0 saturated heterocycles. The minimum absolute atomic E-state index is 0.198. The molecule has 2 heterocycles. The molecule has 1 fully saturated rings. The smallest absolute Gasteiger partial charge is 0.320 e. The van der Waals surface area contributed by atoms with Crippen LogP contribution in [0, 0.1) is 5.92 Å². The molecule has 1 atom stereocenters. The molecule has 5 rings (SSSR count). The third-order valence-electron chi connectivity index (χ3n) is 7.32. The van der Waals surface area contributed by atoms with Crippen LogP contribution in [-0.4, -0.2) is 37.7 Å². The van der Waals surface area contributed by atoms with E-state index in [1.807, 2.05) is 54.6 Å². The molecule has 0 aliphatic heterocycles. The zero-order valence-electron chi connectivity index (χ0n) is 21.9. The van der Waals surface area contributed by atoms with Crippen LogP contribution in [-0.2, 0) is 4.79 Å². The van der Waals surface area contributed by atoms with Crippen molar-refractivity contribution in [1.82, 2.24) is 19.9 Å². The average molecular weight is 514 g/mol. The van der Waals surface area contributed by atoms with Crippen LogP contribution in [0.15, 0.2) is 67.1 Å². The lowest BCUT2D eigenvalue weighted by molar-refractivity contribution is -0.140. The van der Waals surface area contributed by atoms with Crippen molar-refractivity contribution < 1.29 is 14.6 Å². The average Bonchev–Trinajstić information content (AvgIpc) is 3.30. The molecule has 1 saturated carbocycles. The Morgan fingerprint density at radius 1 is 1.05 bits per heavy atom. The Kier molecular flexibility index (Phi) is 7.60. The Balaban J connectivity index is 1.35. The summed E-state index contributed by atoms with van der Waals surface area (Å²) in [4.78, 5) is 20.6. The van der Waals surface area contributed by atoms with Gasteiger partial charge < -0.3 is 25.5 Å². The van der Waals surface area contributed by atoms with Gasteiger partial charge in [0.15, 0.2) is 0 Å². The monoisotopic (exact) mass is 513 g/mol. The summed E-state index contributed by atoms with van der Waals surface area (Å²) < 4.78 is 8.19. The van der Waals surface area contributed by atoms with Gasteiger partial charge in [0.1, 0.15) is 35.3 Å². The number of fused-ring (bicyclic) bond motifs is 1. The molecule has 2 aromatic heterocycles.